The van der Waals surface area contributed by atoms with E-state index in [0.29, 0.717) is 6.42 Å². The average Bonchev–Trinajstić information content (AvgIpc) is 2.89. The predicted octanol–water partition coefficient (Wildman–Crippen LogP) is 1.77. The monoisotopic (exact) mass is 372 g/mol. The molecule has 1 aromatic carbocycles. The lowest BCUT2D eigenvalue weighted by molar-refractivity contribution is -0.135. The first-order valence-electron chi connectivity index (χ1n) is 9.76. The lowest BCUT2D eigenvalue weighted by atomic mass is 10.0. The van der Waals surface area contributed by atoms with E-state index in [0.717, 1.165) is 36.8 Å². The third kappa shape index (κ3) is 4.13. The maximum Gasteiger partial charge on any atom is 0.329 e. The number of nitrogens with one attached hydrogen (secondary N) is 1. The maximum atomic E-state index is 12.7. The number of amides is 2. The Balaban J connectivity index is 1.78. The number of aryl methyl sites for hydroxylation is 2. The van der Waals surface area contributed by atoms with Crippen LogP contribution in [0.5, 0.6) is 0 Å². The smallest absolute Gasteiger partial charge is 0.329 e. The summed E-state index contributed by atoms with van der Waals surface area (Å²) in [6.07, 6.45) is 7.32. The molecule has 0 spiro atoms. The molecule has 0 bridgehead atoms. The maximum absolute atomic E-state index is 12.7. The Bertz CT molecular complexity index is 896. The fourth-order valence-electron chi connectivity index (χ4n) is 3.80. The quantitative estimate of drug-likeness (QED) is 0.545. The summed E-state index contributed by atoms with van der Waals surface area (Å²) in [6, 6.07) is 5.36. The van der Waals surface area contributed by atoms with Crippen molar-refractivity contribution in [2.24, 2.45) is 12.8 Å². The number of piperidine rings is 1. The minimum atomic E-state index is -0.632. The molecular weight excluding hydrogens is 344 g/mol. The zero-order chi connectivity index (χ0) is 19.4. The van der Waals surface area contributed by atoms with Gasteiger partial charge in [0.15, 0.2) is 0 Å². The second kappa shape index (κ2) is 8.52. The molecule has 1 aliphatic rings. The number of fused-ring (bicyclic) bond motifs is 1. The molecule has 2 heterocycles. The molecule has 146 valence electrons. The van der Waals surface area contributed by atoms with E-state index in [1.165, 1.54) is 29.4 Å². The van der Waals surface area contributed by atoms with Gasteiger partial charge in [-0.15, -0.1) is 0 Å². The fraction of sp³-hybridized carbons (Fsp3) is 0.550. The van der Waals surface area contributed by atoms with Gasteiger partial charge in [-0.3, -0.25) is 24.0 Å². The Morgan fingerprint density at radius 1 is 1.07 bits per heavy atom. The van der Waals surface area contributed by atoms with Crippen LogP contribution in [0.4, 0.5) is 0 Å². The number of imidazole rings is 1. The van der Waals surface area contributed by atoms with Crippen LogP contribution in [0.25, 0.3) is 11.0 Å². The Morgan fingerprint density at radius 3 is 2.56 bits per heavy atom. The zero-order valence-electron chi connectivity index (χ0n) is 15.9. The molecule has 7 heteroatoms. The highest BCUT2D eigenvalue weighted by Gasteiger charge is 2.31. The molecule has 1 aromatic heterocycles. The van der Waals surface area contributed by atoms with E-state index in [1.54, 1.807) is 11.6 Å². The first kappa shape index (κ1) is 19.4. The Labute approximate surface area is 158 Å². The summed E-state index contributed by atoms with van der Waals surface area (Å²) in [5, 5.41) is 2.33. The molecule has 1 unspecified atom stereocenters. The highest BCUT2D eigenvalue weighted by Crippen LogP contribution is 2.24. The summed E-state index contributed by atoms with van der Waals surface area (Å²) in [7, 11) is 1.73. The number of hydrogen-bond donors (Lipinski definition) is 2. The molecule has 1 atom stereocenters. The van der Waals surface area contributed by atoms with Crippen molar-refractivity contribution in [3.05, 3.63) is 34.2 Å². The molecular formula is C20H28N4O3. The van der Waals surface area contributed by atoms with Gasteiger partial charge in [0.25, 0.3) is 0 Å². The van der Waals surface area contributed by atoms with Crippen molar-refractivity contribution < 1.29 is 9.59 Å². The van der Waals surface area contributed by atoms with Crippen LogP contribution < -0.4 is 16.7 Å². The summed E-state index contributed by atoms with van der Waals surface area (Å²) >= 11 is 0. The first-order valence-corrected chi connectivity index (χ1v) is 9.76. The lowest BCUT2D eigenvalue weighted by Gasteiger charge is -2.21. The number of nitrogens with two attached hydrogens (primary N) is 1. The predicted molar refractivity (Wildman–Crippen MR) is 104 cm³/mol. The summed E-state index contributed by atoms with van der Waals surface area (Å²) in [6.45, 7) is 0.759. The average molecular weight is 372 g/mol. The van der Waals surface area contributed by atoms with Gasteiger partial charge in [-0.2, -0.15) is 0 Å². The van der Waals surface area contributed by atoms with Gasteiger partial charge in [-0.1, -0.05) is 25.3 Å². The van der Waals surface area contributed by atoms with Gasteiger partial charge in [0.2, 0.25) is 11.8 Å². The zero-order valence-corrected chi connectivity index (χ0v) is 15.9. The number of carbonyl (C=O) groups is 2. The van der Waals surface area contributed by atoms with E-state index in [9.17, 15) is 14.4 Å². The molecule has 3 rings (SSSR count). The minimum Gasteiger partial charge on any atom is -0.330 e. The number of rotatable bonds is 8. The van der Waals surface area contributed by atoms with Crippen molar-refractivity contribution in [2.45, 2.75) is 57.4 Å². The molecule has 27 heavy (non-hydrogen) atoms. The first-order chi connectivity index (χ1) is 13.0. The van der Waals surface area contributed by atoms with Crippen molar-refractivity contribution in [1.82, 2.24) is 14.5 Å². The molecule has 0 aliphatic carbocycles. The lowest BCUT2D eigenvalue weighted by Crippen LogP contribution is -2.44. The second-order valence-corrected chi connectivity index (χ2v) is 7.31. The molecule has 1 saturated heterocycles. The van der Waals surface area contributed by atoms with Crippen molar-refractivity contribution in [3.8, 4) is 0 Å². The van der Waals surface area contributed by atoms with Gasteiger partial charge in [0.1, 0.15) is 6.04 Å². The number of hydrogen-bond acceptors (Lipinski definition) is 4. The fourth-order valence-corrected chi connectivity index (χ4v) is 3.80. The highest BCUT2D eigenvalue weighted by molar-refractivity contribution is 6.00. The van der Waals surface area contributed by atoms with Crippen LogP contribution in [-0.2, 0) is 23.1 Å². The van der Waals surface area contributed by atoms with Crippen LogP contribution in [-0.4, -0.2) is 27.5 Å². The number of aromatic nitrogens is 2. The third-order valence-corrected chi connectivity index (χ3v) is 5.35. The SMILES string of the molecule is Cn1c(=O)n(C2CCC(=O)NC2=O)c2ccc(CCCCCCCN)cc21. The summed E-state index contributed by atoms with van der Waals surface area (Å²) in [4.78, 5) is 36.4. The Morgan fingerprint density at radius 2 is 1.81 bits per heavy atom. The molecule has 0 saturated carbocycles. The topological polar surface area (TPSA) is 99.1 Å². The molecule has 1 aliphatic heterocycles. The van der Waals surface area contributed by atoms with Crippen LogP contribution in [0.15, 0.2) is 23.0 Å². The van der Waals surface area contributed by atoms with Crippen molar-refractivity contribution >= 4 is 22.8 Å². The van der Waals surface area contributed by atoms with Gasteiger partial charge in [0.05, 0.1) is 11.0 Å². The third-order valence-electron chi connectivity index (χ3n) is 5.35. The van der Waals surface area contributed by atoms with E-state index in [-0.39, 0.29) is 18.0 Å². The summed E-state index contributed by atoms with van der Waals surface area (Å²) in [5.41, 5.74) is 8.05. The van der Waals surface area contributed by atoms with Crippen LogP contribution in [0.2, 0.25) is 0 Å². The number of imide groups is 1. The number of nitrogens with zero attached hydrogens (tertiary/aromatic N) is 2. The largest absolute Gasteiger partial charge is 0.330 e. The highest BCUT2D eigenvalue weighted by atomic mass is 16.2. The van der Waals surface area contributed by atoms with Gasteiger partial charge in [-0.25, -0.2) is 4.79 Å². The van der Waals surface area contributed by atoms with Crippen LogP contribution in [0.1, 0.15) is 56.6 Å². The molecule has 0 radical (unpaired) electrons. The number of carbonyl (C=O) groups excluding carboxylic acids is 2. The van der Waals surface area contributed by atoms with Crippen LogP contribution in [0.3, 0.4) is 0 Å². The van der Waals surface area contributed by atoms with Gasteiger partial charge >= 0.3 is 5.69 Å². The molecule has 1 fully saturated rings. The van der Waals surface area contributed by atoms with E-state index in [2.05, 4.69) is 5.32 Å². The Hall–Kier alpha value is -2.41. The van der Waals surface area contributed by atoms with Gasteiger partial charge < -0.3 is 5.73 Å². The standard InChI is InChI=1S/C20H28N4O3/c1-23-17-13-14(7-5-3-2-4-6-12-21)8-9-15(17)24(20(23)27)16-10-11-18(25)22-19(16)26/h8-9,13,16H,2-7,10-12,21H2,1H3,(H,22,25,26). The van der Waals surface area contributed by atoms with Crippen LogP contribution >= 0.6 is 0 Å². The van der Waals surface area contributed by atoms with Crippen LogP contribution in [0, 0.1) is 0 Å². The van der Waals surface area contributed by atoms with Gasteiger partial charge in [0, 0.05) is 13.5 Å². The minimum absolute atomic E-state index is 0.224. The second-order valence-electron chi connectivity index (χ2n) is 7.31. The number of benzene rings is 1. The van der Waals surface area contributed by atoms with Gasteiger partial charge in [-0.05, 0) is 49.9 Å². The van der Waals surface area contributed by atoms with Crippen molar-refractivity contribution in [1.29, 1.82) is 0 Å². The summed E-state index contributed by atoms with van der Waals surface area (Å²) in [5.74, 6) is -0.680. The molecule has 2 aromatic rings. The molecule has 2 amide bonds. The molecule has 3 N–H and O–H groups in total. The van der Waals surface area contributed by atoms with E-state index in [4.69, 9.17) is 5.73 Å². The Kier molecular flexibility index (Phi) is 6.11. The van der Waals surface area contributed by atoms with E-state index >= 15 is 0 Å². The van der Waals surface area contributed by atoms with E-state index in [1.807, 2.05) is 18.2 Å². The molecule has 7 nitrogen and oxygen atoms in total. The summed E-state index contributed by atoms with van der Waals surface area (Å²) < 4.78 is 3.11. The normalized spacial score (nSPS) is 17.5. The van der Waals surface area contributed by atoms with Crippen molar-refractivity contribution in [2.75, 3.05) is 6.54 Å². The number of unbranched alkanes of at least 4 members (excludes halogenated alkanes) is 4. The van der Waals surface area contributed by atoms with Crippen molar-refractivity contribution in [3.63, 3.8) is 0 Å². The van der Waals surface area contributed by atoms with E-state index < -0.39 is 11.9 Å².